The summed E-state index contributed by atoms with van der Waals surface area (Å²) in [5, 5.41) is 2.63. The molecule has 1 atom stereocenters. The molecule has 0 aromatic heterocycles. The number of anilines is 1. The largest absolute Gasteiger partial charge is 0.467 e. The molecular weight excluding hydrogens is 332 g/mol. The first-order chi connectivity index (χ1) is 11.0. The number of rotatable bonds is 7. The lowest BCUT2D eigenvalue weighted by Crippen LogP contribution is -2.42. The van der Waals surface area contributed by atoms with Crippen molar-refractivity contribution in [3.05, 3.63) is 29.3 Å². The highest BCUT2D eigenvalue weighted by atomic mass is 32.2. The number of methoxy groups -OCH3 is 1. The fourth-order valence-corrected chi connectivity index (χ4v) is 2.76. The van der Waals surface area contributed by atoms with Crippen molar-refractivity contribution < 1.29 is 22.7 Å². The number of ether oxygens (including phenoxy) is 1. The molecule has 0 heterocycles. The van der Waals surface area contributed by atoms with Crippen LogP contribution in [0.2, 0.25) is 0 Å². The summed E-state index contributed by atoms with van der Waals surface area (Å²) < 4.78 is 29.9. The summed E-state index contributed by atoms with van der Waals surface area (Å²) in [5.41, 5.74) is 1.26. The number of esters is 1. The normalized spacial score (nSPS) is 12.6. The number of carbonyl (C=O) groups excluding carboxylic acids is 2. The summed E-state index contributed by atoms with van der Waals surface area (Å²) in [5.74, 6) is -0.795. The SMILES string of the molecule is COC(=O)C(CC(C)C)NC(=O)c1ccc(C)c(NS(C)(=O)=O)c1. The van der Waals surface area contributed by atoms with Gasteiger partial charge in [-0.25, -0.2) is 13.2 Å². The smallest absolute Gasteiger partial charge is 0.328 e. The number of sulfonamides is 1. The van der Waals surface area contributed by atoms with Crippen LogP contribution < -0.4 is 10.0 Å². The van der Waals surface area contributed by atoms with Crippen LogP contribution in [-0.2, 0) is 19.6 Å². The van der Waals surface area contributed by atoms with E-state index in [4.69, 9.17) is 4.74 Å². The maximum absolute atomic E-state index is 12.4. The van der Waals surface area contributed by atoms with Gasteiger partial charge in [0.05, 0.1) is 19.1 Å². The summed E-state index contributed by atoms with van der Waals surface area (Å²) in [7, 11) is -2.19. The lowest BCUT2D eigenvalue weighted by Gasteiger charge is -2.18. The molecule has 1 rings (SSSR count). The zero-order valence-corrected chi connectivity index (χ0v) is 15.4. The number of aryl methyl sites for hydroxylation is 1. The number of nitrogens with one attached hydrogen (secondary N) is 2. The number of amides is 1. The second-order valence-electron chi connectivity index (χ2n) is 6.08. The van der Waals surface area contributed by atoms with E-state index in [1.54, 1.807) is 19.1 Å². The van der Waals surface area contributed by atoms with Gasteiger partial charge in [-0.15, -0.1) is 0 Å². The Kier molecular flexibility index (Phi) is 6.77. The minimum Gasteiger partial charge on any atom is -0.467 e. The summed E-state index contributed by atoms with van der Waals surface area (Å²) in [6, 6.07) is 3.89. The zero-order valence-electron chi connectivity index (χ0n) is 14.5. The quantitative estimate of drug-likeness (QED) is 0.724. The molecule has 0 aliphatic rings. The van der Waals surface area contributed by atoms with E-state index in [1.807, 2.05) is 13.8 Å². The maximum atomic E-state index is 12.4. The second-order valence-corrected chi connectivity index (χ2v) is 7.83. The lowest BCUT2D eigenvalue weighted by molar-refractivity contribution is -0.143. The molecule has 0 saturated carbocycles. The van der Waals surface area contributed by atoms with Crippen LogP contribution in [0.3, 0.4) is 0 Å². The van der Waals surface area contributed by atoms with Crippen molar-refractivity contribution in [1.29, 1.82) is 0 Å². The Hall–Kier alpha value is -2.09. The van der Waals surface area contributed by atoms with Gasteiger partial charge in [-0.1, -0.05) is 19.9 Å². The zero-order chi connectivity index (χ0) is 18.5. The maximum Gasteiger partial charge on any atom is 0.328 e. The van der Waals surface area contributed by atoms with Gasteiger partial charge >= 0.3 is 5.97 Å². The molecular formula is C16H24N2O5S. The van der Waals surface area contributed by atoms with E-state index < -0.39 is 27.9 Å². The van der Waals surface area contributed by atoms with E-state index in [0.29, 0.717) is 17.7 Å². The van der Waals surface area contributed by atoms with Crippen LogP contribution in [0.15, 0.2) is 18.2 Å². The van der Waals surface area contributed by atoms with Crippen LogP contribution >= 0.6 is 0 Å². The van der Waals surface area contributed by atoms with E-state index >= 15 is 0 Å². The van der Waals surface area contributed by atoms with Crippen molar-refractivity contribution in [3.8, 4) is 0 Å². The van der Waals surface area contributed by atoms with E-state index in [2.05, 4.69) is 10.0 Å². The molecule has 0 spiro atoms. The molecule has 0 saturated heterocycles. The predicted molar refractivity (Wildman–Crippen MR) is 92.4 cm³/mol. The van der Waals surface area contributed by atoms with Crippen molar-refractivity contribution in [3.63, 3.8) is 0 Å². The summed E-state index contributed by atoms with van der Waals surface area (Å²) >= 11 is 0. The molecule has 24 heavy (non-hydrogen) atoms. The standard InChI is InChI=1S/C16H24N2O5S/c1-10(2)8-14(16(20)23-4)17-15(19)12-7-6-11(3)13(9-12)18-24(5,21)22/h6-7,9-10,14,18H,8H2,1-5H3,(H,17,19). The lowest BCUT2D eigenvalue weighted by atomic mass is 10.0. The minimum absolute atomic E-state index is 0.190. The molecule has 0 fully saturated rings. The van der Waals surface area contributed by atoms with Crippen LogP contribution in [0.5, 0.6) is 0 Å². The third-order valence-corrected chi connectivity index (χ3v) is 3.88. The number of hydrogen-bond acceptors (Lipinski definition) is 5. The van der Waals surface area contributed by atoms with Gasteiger partial charge in [0, 0.05) is 5.56 Å². The molecule has 1 aromatic rings. The van der Waals surface area contributed by atoms with Gasteiger partial charge in [0.25, 0.3) is 5.91 Å². The molecule has 0 aliphatic heterocycles. The van der Waals surface area contributed by atoms with Gasteiger partial charge in [-0.3, -0.25) is 9.52 Å². The second kappa shape index (κ2) is 8.14. The fourth-order valence-electron chi connectivity index (χ4n) is 2.14. The summed E-state index contributed by atoms with van der Waals surface area (Å²) in [6.07, 6.45) is 1.48. The average molecular weight is 356 g/mol. The minimum atomic E-state index is -3.45. The van der Waals surface area contributed by atoms with Gasteiger partial charge < -0.3 is 10.1 Å². The van der Waals surface area contributed by atoms with Crippen LogP contribution in [0.4, 0.5) is 5.69 Å². The molecule has 0 aliphatic carbocycles. The molecule has 1 aromatic carbocycles. The van der Waals surface area contributed by atoms with Gasteiger partial charge in [0.15, 0.2) is 0 Å². The Balaban J connectivity index is 3.01. The van der Waals surface area contributed by atoms with E-state index in [0.717, 1.165) is 6.26 Å². The summed E-state index contributed by atoms with van der Waals surface area (Å²) in [6.45, 7) is 5.59. The van der Waals surface area contributed by atoms with Crippen molar-refractivity contribution in [1.82, 2.24) is 5.32 Å². The van der Waals surface area contributed by atoms with Crippen molar-refractivity contribution in [2.75, 3.05) is 18.1 Å². The van der Waals surface area contributed by atoms with Gasteiger partial charge in [0.2, 0.25) is 10.0 Å². The molecule has 8 heteroatoms. The third kappa shape index (κ3) is 6.19. The van der Waals surface area contributed by atoms with Gasteiger partial charge in [-0.2, -0.15) is 0 Å². The Bertz CT molecular complexity index is 713. The molecule has 134 valence electrons. The molecule has 0 radical (unpaired) electrons. The Morgan fingerprint density at radius 2 is 1.88 bits per heavy atom. The highest BCUT2D eigenvalue weighted by Gasteiger charge is 2.23. The predicted octanol–water partition coefficient (Wildman–Crippen LogP) is 1.68. The van der Waals surface area contributed by atoms with E-state index in [9.17, 15) is 18.0 Å². The van der Waals surface area contributed by atoms with Gasteiger partial charge in [-0.05, 0) is 37.0 Å². The highest BCUT2D eigenvalue weighted by Crippen LogP contribution is 2.18. The van der Waals surface area contributed by atoms with Crippen molar-refractivity contribution >= 4 is 27.6 Å². The average Bonchev–Trinajstić information content (AvgIpc) is 2.46. The molecule has 1 unspecified atom stereocenters. The number of hydrogen-bond donors (Lipinski definition) is 2. The molecule has 2 N–H and O–H groups in total. The molecule has 0 bridgehead atoms. The molecule has 7 nitrogen and oxygen atoms in total. The van der Waals surface area contributed by atoms with Crippen molar-refractivity contribution in [2.24, 2.45) is 5.92 Å². The van der Waals surface area contributed by atoms with Crippen LogP contribution in [0.1, 0.15) is 36.2 Å². The van der Waals surface area contributed by atoms with E-state index in [1.165, 1.54) is 13.2 Å². The van der Waals surface area contributed by atoms with E-state index in [-0.39, 0.29) is 11.5 Å². The fraction of sp³-hybridized carbons (Fsp3) is 0.500. The Labute approximate surface area is 142 Å². The third-order valence-electron chi connectivity index (χ3n) is 3.29. The first-order valence-corrected chi connectivity index (χ1v) is 9.39. The highest BCUT2D eigenvalue weighted by molar-refractivity contribution is 7.92. The number of benzene rings is 1. The Morgan fingerprint density at radius 3 is 2.38 bits per heavy atom. The monoisotopic (exact) mass is 356 g/mol. The van der Waals surface area contributed by atoms with Crippen LogP contribution in [-0.4, -0.2) is 39.7 Å². The van der Waals surface area contributed by atoms with Crippen molar-refractivity contribution in [2.45, 2.75) is 33.2 Å². The Morgan fingerprint density at radius 1 is 1.25 bits per heavy atom. The van der Waals surface area contributed by atoms with Crippen LogP contribution in [0.25, 0.3) is 0 Å². The first-order valence-electron chi connectivity index (χ1n) is 7.50. The van der Waals surface area contributed by atoms with Gasteiger partial charge in [0.1, 0.15) is 6.04 Å². The van der Waals surface area contributed by atoms with Crippen LogP contribution in [0, 0.1) is 12.8 Å². The number of carbonyl (C=O) groups is 2. The topological polar surface area (TPSA) is 102 Å². The summed E-state index contributed by atoms with van der Waals surface area (Å²) in [4.78, 5) is 24.2. The molecule has 1 amide bonds. The first kappa shape index (κ1) is 20.0.